The molecule has 2 aromatic heterocycles. The van der Waals surface area contributed by atoms with Crippen molar-refractivity contribution in [2.45, 2.75) is 6.04 Å². The van der Waals surface area contributed by atoms with Gasteiger partial charge in [-0.1, -0.05) is 4.49 Å². The third-order valence-corrected chi connectivity index (χ3v) is 2.68. The van der Waals surface area contributed by atoms with Gasteiger partial charge in [0.05, 0.1) is 6.20 Å². The molecule has 2 aromatic rings. The van der Waals surface area contributed by atoms with Crippen LogP contribution in [0.3, 0.4) is 0 Å². The van der Waals surface area contributed by atoms with E-state index >= 15 is 0 Å². The smallest absolute Gasteiger partial charge is 0.331 e. The highest BCUT2D eigenvalue weighted by atomic mass is 32.1. The third-order valence-electron chi connectivity index (χ3n) is 2.17. The zero-order valence-electron chi connectivity index (χ0n) is 9.27. The Kier molecular flexibility index (Phi) is 3.33. The lowest BCUT2D eigenvalue weighted by Crippen LogP contribution is -2.33. The molecule has 2 heterocycles. The highest BCUT2D eigenvalue weighted by molar-refractivity contribution is 7.03. The van der Waals surface area contributed by atoms with Gasteiger partial charge in [-0.2, -0.15) is 5.10 Å². The molecule has 0 bridgehead atoms. The molecular weight excluding hydrogens is 258 g/mol. The summed E-state index contributed by atoms with van der Waals surface area (Å²) in [6, 6.07) is -1.16. The van der Waals surface area contributed by atoms with Crippen molar-refractivity contribution in [3.05, 3.63) is 29.0 Å². The van der Waals surface area contributed by atoms with Crippen LogP contribution in [0.1, 0.15) is 22.1 Å². The van der Waals surface area contributed by atoms with Gasteiger partial charge >= 0.3 is 5.97 Å². The lowest BCUT2D eigenvalue weighted by Gasteiger charge is -2.11. The van der Waals surface area contributed by atoms with Crippen LogP contribution in [-0.4, -0.2) is 36.4 Å². The summed E-state index contributed by atoms with van der Waals surface area (Å²) in [7, 11) is 1.66. The molecule has 0 saturated carbocycles. The predicted molar refractivity (Wildman–Crippen MR) is 61.0 cm³/mol. The molecular formula is C9H9N5O3S. The Morgan fingerprint density at radius 1 is 1.56 bits per heavy atom. The van der Waals surface area contributed by atoms with Crippen LogP contribution >= 0.6 is 11.5 Å². The van der Waals surface area contributed by atoms with Crippen LogP contribution in [0.15, 0.2) is 17.8 Å². The molecule has 1 atom stereocenters. The van der Waals surface area contributed by atoms with Crippen LogP contribution in [0, 0.1) is 0 Å². The number of carbonyl (C=O) groups is 2. The van der Waals surface area contributed by atoms with Gasteiger partial charge in [0.2, 0.25) is 0 Å². The molecule has 94 valence electrons. The second-order valence-corrected chi connectivity index (χ2v) is 4.09. The number of carbonyl (C=O) groups excluding carboxylic acids is 1. The first kappa shape index (κ1) is 12.2. The average Bonchev–Trinajstić information content (AvgIpc) is 2.95. The average molecular weight is 267 g/mol. The Morgan fingerprint density at radius 3 is 2.83 bits per heavy atom. The minimum atomic E-state index is -1.17. The maximum absolute atomic E-state index is 11.7. The molecule has 0 aromatic carbocycles. The van der Waals surface area contributed by atoms with E-state index in [0.717, 1.165) is 11.5 Å². The van der Waals surface area contributed by atoms with Crippen molar-refractivity contribution in [2.75, 3.05) is 0 Å². The zero-order valence-corrected chi connectivity index (χ0v) is 10.1. The molecule has 0 aliphatic carbocycles. The van der Waals surface area contributed by atoms with E-state index in [1.807, 2.05) is 0 Å². The van der Waals surface area contributed by atoms with Gasteiger partial charge in [0.1, 0.15) is 0 Å². The number of carboxylic acid groups (broad SMARTS) is 1. The predicted octanol–water partition coefficient (Wildman–Crippen LogP) is -0.173. The standard InChI is InChI=1S/C9H9N5O3S/c1-14-3-5(2-10-14)7(9(16)17)11-8(15)6-4-18-13-12-6/h2-4,7H,1H3,(H,11,15)(H,16,17). The number of hydrogen-bond acceptors (Lipinski definition) is 6. The van der Waals surface area contributed by atoms with Crippen LogP contribution < -0.4 is 5.32 Å². The molecule has 0 radical (unpaired) electrons. The summed E-state index contributed by atoms with van der Waals surface area (Å²) in [4.78, 5) is 22.8. The Balaban J connectivity index is 2.17. The number of nitrogens with zero attached hydrogens (tertiary/aromatic N) is 4. The van der Waals surface area contributed by atoms with Gasteiger partial charge < -0.3 is 10.4 Å². The summed E-state index contributed by atoms with van der Waals surface area (Å²) >= 11 is 1.02. The van der Waals surface area contributed by atoms with E-state index in [0.29, 0.717) is 5.56 Å². The van der Waals surface area contributed by atoms with E-state index in [9.17, 15) is 9.59 Å². The summed E-state index contributed by atoms with van der Waals surface area (Å²) in [5.41, 5.74) is 0.483. The summed E-state index contributed by atoms with van der Waals surface area (Å²) in [6.45, 7) is 0. The van der Waals surface area contributed by atoms with Crippen LogP contribution in [-0.2, 0) is 11.8 Å². The van der Waals surface area contributed by atoms with Gasteiger partial charge in [0.15, 0.2) is 11.7 Å². The number of aromatic nitrogens is 4. The second-order valence-electron chi connectivity index (χ2n) is 3.48. The topological polar surface area (TPSA) is 110 Å². The summed E-state index contributed by atoms with van der Waals surface area (Å²) in [6.07, 6.45) is 2.91. The molecule has 18 heavy (non-hydrogen) atoms. The summed E-state index contributed by atoms with van der Waals surface area (Å²) in [5, 5.41) is 20.3. The molecule has 1 unspecified atom stereocenters. The van der Waals surface area contributed by atoms with E-state index in [1.165, 1.54) is 22.5 Å². The van der Waals surface area contributed by atoms with Gasteiger partial charge in [0, 0.05) is 24.2 Å². The Morgan fingerprint density at radius 2 is 2.33 bits per heavy atom. The Labute approximate surface area is 105 Å². The van der Waals surface area contributed by atoms with Crippen LogP contribution in [0.2, 0.25) is 0 Å². The van der Waals surface area contributed by atoms with Crippen molar-refractivity contribution in [2.24, 2.45) is 7.05 Å². The minimum absolute atomic E-state index is 0.0927. The van der Waals surface area contributed by atoms with Crippen LogP contribution in [0.4, 0.5) is 0 Å². The van der Waals surface area contributed by atoms with Crippen molar-refractivity contribution >= 4 is 23.4 Å². The maximum Gasteiger partial charge on any atom is 0.331 e. The number of aliphatic carboxylic acids is 1. The zero-order chi connectivity index (χ0) is 13.1. The Bertz CT molecular complexity index is 565. The van der Waals surface area contributed by atoms with Crippen LogP contribution in [0.25, 0.3) is 0 Å². The number of amides is 1. The van der Waals surface area contributed by atoms with Crippen molar-refractivity contribution in [3.63, 3.8) is 0 Å². The first-order valence-electron chi connectivity index (χ1n) is 4.87. The molecule has 8 nitrogen and oxygen atoms in total. The summed E-state index contributed by atoms with van der Waals surface area (Å²) < 4.78 is 5.00. The number of carboxylic acids is 1. The lowest BCUT2D eigenvalue weighted by molar-refractivity contribution is -0.139. The largest absolute Gasteiger partial charge is 0.479 e. The first-order valence-corrected chi connectivity index (χ1v) is 5.71. The van der Waals surface area contributed by atoms with Gasteiger partial charge in [-0.15, -0.1) is 5.10 Å². The fourth-order valence-electron chi connectivity index (χ4n) is 1.35. The number of rotatable bonds is 4. The fourth-order valence-corrected chi connectivity index (χ4v) is 1.78. The number of hydrogen-bond donors (Lipinski definition) is 2. The molecule has 0 fully saturated rings. The quantitative estimate of drug-likeness (QED) is 0.795. The van der Waals surface area contributed by atoms with Gasteiger partial charge in [-0.3, -0.25) is 9.48 Å². The first-order chi connectivity index (χ1) is 8.58. The van der Waals surface area contributed by atoms with Gasteiger partial charge in [-0.25, -0.2) is 4.79 Å². The van der Waals surface area contributed by atoms with Crippen LogP contribution in [0.5, 0.6) is 0 Å². The number of nitrogens with one attached hydrogen (secondary N) is 1. The highest BCUT2D eigenvalue weighted by Crippen LogP contribution is 2.12. The molecule has 2 N–H and O–H groups in total. The maximum atomic E-state index is 11.7. The SMILES string of the molecule is Cn1cc(C(NC(=O)c2csnn2)C(=O)O)cn1. The molecule has 1 amide bonds. The summed E-state index contributed by atoms with van der Waals surface area (Å²) in [5.74, 6) is -1.75. The fraction of sp³-hybridized carbons (Fsp3) is 0.222. The van der Waals surface area contributed by atoms with E-state index in [1.54, 1.807) is 7.05 Å². The lowest BCUT2D eigenvalue weighted by atomic mass is 10.1. The van der Waals surface area contributed by atoms with E-state index in [-0.39, 0.29) is 5.69 Å². The highest BCUT2D eigenvalue weighted by Gasteiger charge is 2.24. The molecule has 0 saturated heterocycles. The van der Waals surface area contributed by atoms with Crippen molar-refractivity contribution in [1.29, 1.82) is 0 Å². The van der Waals surface area contributed by atoms with E-state index in [4.69, 9.17) is 5.11 Å². The Hall–Kier alpha value is -2.29. The molecule has 0 aliphatic rings. The normalized spacial score (nSPS) is 12.1. The molecule has 0 spiro atoms. The van der Waals surface area contributed by atoms with E-state index in [2.05, 4.69) is 20.0 Å². The number of aryl methyl sites for hydroxylation is 1. The van der Waals surface area contributed by atoms with Crippen molar-refractivity contribution in [1.82, 2.24) is 24.7 Å². The molecule has 0 aliphatic heterocycles. The van der Waals surface area contributed by atoms with Crippen molar-refractivity contribution < 1.29 is 14.7 Å². The minimum Gasteiger partial charge on any atom is -0.479 e. The third kappa shape index (κ3) is 2.51. The van der Waals surface area contributed by atoms with Crippen molar-refractivity contribution in [3.8, 4) is 0 Å². The monoisotopic (exact) mass is 267 g/mol. The second kappa shape index (κ2) is 4.92. The van der Waals surface area contributed by atoms with Gasteiger partial charge in [-0.05, 0) is 11.5 Å². The van der Waals surface area contributed by atoms with E-state index < -0.39 is 17.9 Å². The van der Waals surface area contributed by atoms with Gasteiger partial charge in [0.25, 0.3) is 5.91 Å². The molecule has 2 rings (SSSR count). The molecule has 9 heteroatoms.